The Balaban J connectivity index is 0.00000210. The van der Waals surface area contributed by atoms with Crippen molar-refractivity contribution >= 4 is 48.1 Å². The number of rotatable bonds is 5. The predicted octanol–water partition coefficient (Wildman–Crippen LogP) is 4.05. The molecule has 6 nitrogen and oxygen atoms in total. The molecule has 0 unspecified atom stereocenters. The number of guanidine groups is 2. The molecule has 0 bridgehead atoms. The van der Waals surface area contributed by atoms with Crippen LogP contribution in [0, 0.1) is 5.92 Å². The zero-order valence-corrected chi connectivity index (χ0v) is 18.0. The molecular formula is C21H30Cl2N6. The minimum atomic E-state index is 0. The maximum atomic E-state index is 5.48. The van der Waals surface area contributed by atoms with E-state index in [0.717, 1.165) is 11.4 Å². The third-order valence-electron chi connectivity index (χ3n) is 5.14. The van der Waals surface area contributed by atoms with Gasteiger partial charge in [0.15, 0.2) is 11.9 Å². The van der Waals surface area contributed by atoms with Crippen molar-refractivity contribution in [1.29, 1.82) is 0 Å². The first-order chi connectivity index (χ1) is 13.0. The number of benzene rings is 2. The van der Waals surface area contributed by atoms with Crippen LogP contribution in [0.2, 0.25) is 0 Å². The molecule has 3 rings (SSSR count). The summed E-state index contributed by atoms with van der Waals surface area (Å²) in [5.41, 5.74) is 26.0. The molecule has 1 aliphatic rings. The third kappa shape index (κ3) is 6.84. The summed E-state index contributed by atoms with van der Waals surface area (Å²) in [5, 5.41) is 0. The fourth-order valence-electron chi connectivity index (χ4n) is 4.01. The molecule has 8 heteroatoms. The van der Waals surface area contributed by atoms with Crippen molar-refractivity contribution in [3.63, 3.8) is 0 Å². The molecule has 0 aliphatic heterocycles. The Labute approximate surface area is 184 Å². The van der Waals surface area contributed by atoms with E-state index in [1.807, 2.05) is 24.3 Å². The lowest BCUT2D eigenvalue weighted by atomic mass is 9.73. The van der Waals surface area contributed by atoms with Crippen LogP contribution in [-0.4, -0.2) is 11.9 Å². The molecule has 2 aromatic carbocycles. The number of aliphatic imine (C=N–C) groups is 2. The van der Waals surface area contributed by atoms with E-state index in [9.17, 15) is 0 Å². The average Bonchev–Trinajstić information content (AvgIpc) is 2.65. The molecule has 29 heavy (non-hydrogen) atoms. The summed E-state index contributed by atoms with van der Waals surface area (Å²) in [7, 11) is 0. The molecule has 158 valence electrons. The van der Waals surface area contributed by atoms with Crippen LogP contribution in [-0.2, 0) is 0 Å². The topological polar surface area (TPSA) is 129 Å². The average molecular weight is 437 g/mol. The van der Waals surface area contributed by atoms with Gasteiger partial charge < -0.3 is 22.9 Å². The van der Waals surface area contributed by atoms with Crippen LogP contribution in [0.5, 0.6) is 0 Å². The van der Waals surface area contributed by atoms with Crippen molar-refractivity contribution in [1.82, 2.24) is 0 Å². The van der Waals surface area contributed by atoms with Gasteiger partial charge in [-0.15, -0.1) is 24.8 Å². The summed E-state index contributed by atoms with van der Waals surface area (Å²) >= 11 is 0. The largest absolute Gasteiger partial charge is 0.370 e. The minimum absolute atomic E-state index is 0. The number of hydrogen-bond acceptors (Lipinski definition) is 2. The highest BCUT2D eigenvalue weighted by Gasteiger charge is 2.26. The summed E-state index contributed by atoms with van der Waals surface area (Å²) in [6.45, 7) is 0. The summed E-state index contributed by atoms with van der Waals surface area (Å²) in [6.07, 6.45) is 6.40. The number of nitrogens with two attached hydrogens (primary N) is 4. The van der Waals surface area contributed by atoms with Crippen molar-refractivity contribution in [3.05, 3.63) is 59.7 Å². The molecular weight excluding hydrogens is 407 g/mol. The van der Waals surface area contributed by atoms with Gasteiger partial charge in [-0.25, -0.2) is 9.98 Å². The Hall–Kier alpha value is -2.44. The number of nitrogens with zero attached hydrogens (tertiary/aromatic N) is 2. The van der Waals surface area contributed by atoms with Crippen molar-refractivity contribution in [3.8, 4) is 0 Å². The second-order valence-corrected chi connectivity index (χ2v) is 7.13. The quantitative estimate of drug-likeness (QED) is 0.415. The van der Waals surface area contributed by atoms with Gasteiger partial charge in [0, 0.05) is 5.92 Å². The zero-order chi connectivity index (χ0) is 19.2. The van der Waals surface area contributed by atoms with Gasteiger partial charge in [0.2, 0.25) is 0 Å². The Morgan fingerprint density at radius 2 is 1.03 bits per heavy atom. The van der Waals surface area contributed by atoms with Crippen LogP contribution < -0.4 is 22.9 Å². The lowest BCUT2D eigenvalue weighted by molar-refractivity contribution is 0.327. The summed E-state index contributed by atoms with van der Waals surface area (Å²) in [6, 6.07) is 16.4. The van der Waals surface area contributed by atoms with Crippen LogP contribution in [0.1, 0.15) is 49.1 Å². The standard InChI is InChI=1S/C21H28N6.2ClH/c22-20(23)26-17-10-6-15(7-11-17)19(14-4-2-1-3-5-14)16-8-12-18(13-9-16)27-21(24)25;;/h6-14,19H,1-5H2,(H4,22,23,26)(H4,24,25,27);2*1H. The molecule has 0 amide bonds. The summed E-state index contributed by atoms with van der Waals surface area (Å²) < 4.78 is 0. The zero-order valence-electron chi connectivity index (χ0n) is 16.3. The van der Waals surface area contributed by atoms with Crippen LogP contribution >= 0.6 is 24.8 Å². The predicted molar refractivity (Wildman–Crippen MR) is 127 cm³/mol. The van der Waals surface area contributed by atoms with Crippen molar-refractivity contribution in [2.45, 2.75) is 38.0 Å². The second kappa shape index (κ2) is 11.5. The molecule has 0 radical (unpaired) electrons. The van der Waals surface area contributed by atoms with Gasteiger partial charge in [-0.2, -0.15) is 0 Å². The van der Waals surface area contributed by atoms with E-state index in [4.69, 9.17) is 22.9 Å². The SMILES string of the molecule is Cl.Cl.NC(N)=Nc1ccc(C(c2ccc(N=C(N)N)cc2)C2CCCCC2)cc1. The summed E-state index contributed by atoms with van der Waals surface area (Å²) in [5.74, 6) is 1.11. The smallest absolute Gasteiger partial charge is 0.191 e. The van der Waals surface area contributed by atoms with Gasteiger partial charge in [0.1, 0.15) is 0 Å². The highest BCUT2D eigenvalue weighted by molar-refractivity contribution is 5.85. The van der Waals surface area contributed by atoms with E-state index in [1.54, 1.807) is 0 Å². The van der Waals surface area contributed by atoms with Crippen LogP contribution in [0.4, 0.5) is 11.4 Å². The second-order valence-electron chi connectivity index (χ2n) is 7.13. The molecule has 0 atom stereocenters. The van der Waals surface area contributed by atoms with E-state index in [1.165, 1.54) is 43.2 Å². The molecule has 8 N–H and O–H groups in total. The highest BCUT2D eigenvalue weighted by atomic mass is 35.5. The molecule has 2 aromatic rings. The maximum absolute atomic E-state index is 5.48. The molecule has 0 heterocycles. The highest BCUT2D eigenvalue weighted by Crippen LogP contribution is 2.41. The number of halogens is 2. The van der Waals surface area contributed by atoms with Crippen molar-refractivity contribution < 1.29 is 0 Å². The molecule has 0 aromatic heterocycles. The monoisotopic (exact) mass is 436 g/mol. The molecule has 0 spiro atoms. The Morgan fingerprint density at radius 1 is 0.655 bits per heavy atom. The van der Waals surface area contributed by atoms with Gasteiger partial charge in [-0.1, -0.05) is 43.5 Å². The third-order valence-corrected chi connectivity index (χ3v) is 5.14. The van der Waals surface area contributed by atoms with E-state index < -0.39 is 0 Å². The number of hydrogen-bond donors (Lipinski definition) is 4. The molecule has 1 fully saturated rings. The van der Waals surface area contributed by atoms with E-state index in [2.05, 4.69) is 34.3 Å². The van der Waals surface area contributed by atoms with Gasteiger partial charge in [0.05, 0.1) is 11.4 Å². The first-order valence-electron chi connectivity index (χ1n) is 9.42. The Morgan fingerprint density at radius 3 is 1.38 bits per heavy atom. The Bertz CT molecular complexity index is 743. The fourth-order valence-corrected chi connectivity index (χ4v) is 4.01. The van der Waals surface area contributed by atoms with E-state index in [0.29, 0.717) is 11.8 Å². The molecule has 1 saturated carbocycles. The van der Waals surface area contributed by atoms with Gasteiger partial charge in [-0.3, -0.25) is 0 Å². The van der Waals surface area contributed by atoms with Gasteiger partial charge in [-0.05, 0) is 54.2 Å². The van der Waals surface area contributed by atoms with Crippen LogP contribution in [0.25, 0.3) is 0 Å². The summed E-state index contributed by atoms with van der Waals surface area (Å²) in [4.78, 5) is 8.24. The maximum Gasteiger partial charge on any atom is 0.191 e. The van der Waals surface area contributed by atoms with Crippen LogP contribution in [0.3, 0.4) is 0 Å². The molecule has 0 saturated heterocycles. The van der Waals surface area contributed by atoms with Crippen molar-refractivity contribution in [2.75, 3.05) is 0 Å². The first kappa shape index (κ1) is 24.6. The van der Waals surface area contributed by atoms with Gasteiger partial charge >= 0.3 is 0 Å². The molecule has 1 aliphatic carbocycles. The van der Waals surface area contributed by atoms with Crippen LogP contribution in [0.15, 0.2) is 58.5 Å². The fraction of sp³-hybridized carbons (Fsp3) is 0.333. The lowest BCUT2D eigenvalue weighted by Crippen LogP contribution is -2.22. The normalized spacial score (nSPS) is 13.7. The van der Waals surface area contributed by atoms with E-state index >= 15 is 0 Å². The lowest BCUT2D eigenvalue weighted by Gasteiger charge is -2.31. The first-order valence-corrected chi connectivity index (χ1v) is 9.42. The van der Waals surface area contributed by atoms with Gasteiger partial charge in [0.25, 0.3) is 0 Å². The van der Waals surface area contributed by atoms with Crippen molar-refractivity contribution in [2.24, 2.45) is 38.8 Å². The minimum Gasteiger partial charge on any atom is -0.370 e. The van der Waals surface area contributed by atoms with E-state index in [-0.39, 0.29) is 36.7 Å². The Kier molecular flexibility index (Phi) is 9.78.